The van der Waals surface area contributed by atoms with Crippen molar-refractivity contribution in [1.82, 2.24) is 0 Å². The summed E-state index contributed by atoms with van der Waals surface area (Å²) in [5.41, 5.74) is -0.550. The number of carboxylic acids is 1. The molecule has 0 fully saturated rings. The van der Waals surface area contributed by atoms with Crippen LogP contribution in [0.2, 0.25) is 0 Å². The van der Waals surface area contributed by atoms with E-state index in [1.54, 1.807) is 0 Å². The first kappa shape index (κ1) is 57.5. The standard InChI is InChI=1S/C56H112O2/c1-7-13-19-23-27-29-31-35-38-42-47-53(52(45-17-11-5)46-41-37-33-25-21-15-9-3)51-56(55(57)58,50-44-40-36-32-30-28-24-20-14-8-2)54(48-18-12-6)49-43-39-34-26-22-16-10-4/h52-54H,7-51H2,1-6H3,(H,57,58). The van der Waals surface area contributed by atoms with Crippen LogP contribution >= 0.6 is 0 Å². The molecule has 348 valence electrons. The van der Waals surface area contributed by atoms with E-state index < -0.39 is 11.4 Å². The molecule has 4 unspecified atom stereocenters. The molecular weight excluding hydrogens is 705 g/mol. The normalized spacial score (nSPS) is 14.4. The van der Waals surface area contributed by atoms with Gasteiger partial charge in [-0.3, -0.25) is 4.79 Å². The number of rotatable bonds is 49. The largest absolute Gasteiger partial charge is 0.481 e. The van der Waals surface area contributed by atoms with Crippen molar-refractivity contribution >= 4 is 5.97 Å². The Balaban J connectivity index is 6.25. The SMILES string of the molecule is CCCCCCCCCCCCC(CC(CCCCCCCCCCCC)(C(=O)O)C(CCCC)CCCCCCCCC)C(CCCC)CCCCCCCCC. The van der Waals surface area contributed by atoms with Gasteiger partial charge in [0, 0.05) is 0 Å². The van der Waals surface area contributed by atoms with Gasteiger partial charge >= 0.3 is 5.97 Å². The summed E-state index contributed by atoms with van der Waals surface area (Å²) in [5, 5.41) is 11.7. The zero-order valence-electron chi connectivity index (χ0n) is 41.4. The van der Waals surface area contributed by atoms with Crippen molar-refractivity contribution in [2.75, 3.05) is 0 Å². The van der Waals surface area contributed by atoms with Gasteiger partial charge in [0.25, 0.3) is 0 Å². The Bertz CT molecular complexity index is 806. The number of carboxylic acid groups (broad SMARTS) is 1. The van der Waals surface area contributed by atoms with Crippen LogP contribution in [0.3, 0.4) is 0 Å². The lowest BCUT2D eigenvalue weighted by Crippen LogP contribution is -2.42. The van der Waals surface area contributed by atoms with Gasteiger partial charge in [-0.15, -0.1) is 0 Å². The smallest absolute Gasteiger partial charge is 0.309 e. The number of aliphatic carboxylic acids is 1. The highest BCUT2D eigenvalue weighted by Crippen LogP contribution is 2.49. The maximum Gasteiger partial charge on any atom is 0.309 e. The number of carbonyl (C=O) groups is 1. The zero-order chi connectivity index (χ0) is 42.6. The molecule has 0 aromatic heterocycles. The molecule has 2 heteroatoms. The molecule has 0 saturated heterocycles. The lowest BCUT2D eigenvalue weighted by atomic mass is 9.61. The molecule has 0 saturated carbocycles. The van der Waals surface area contributed by atoms with Crippen molar-refractivity contribution in [2.24, 2.45) is 23.2 Å². The van der Waals surface area contributed by atoms with E-state index in [-0.39, 0.29) is 0 Å². The number of unbranched alkanes of at least 4 members (excludes halogenated alkanes) is 32. The monoisotopic (exact) mass is 817 g/mol. The van der Waals surface area contributed by atoms with E-state index in [0.29, 0.717) is 17.8 Å². The van der Waals surface area contributed by atoms with Crippen LogP contribution in [-0.4, -0.2) is 11.1 Å². The molecule has 58 heavy (non-hydrogen) atoms. The minimum atomic E-state index is -0.550. The third-order valence-corrected chi connectivity index (χ3v) is 14.6. The lowest BCUT2D eigenvalue weighted by molar-refractivity contribution is -0.156. The van der Waals surface area contributed by atoms with Crippen LogP contribution in [0, 0.1) is 23.2 Å². The first-order valence-corrected chi connectivity index (χ1v) is 27.7. The van der Waals surface area contributed by atoms with Crippen molar-refractivity contribution in [3.63, 3.8) is 0 Å². The highest BCUT2D eigenvalue weighted by atomic mass is 16.4. The molecule has 2 nitrogen and oxygen atoms in total. The molecule has 0 bridgehead atoms. The highest BCUT2D eigenvalue weighted by molar-refractivity contribution is 5.75. The van der Waals surface area contributed by atoms with Crippen LogP contribution in [0.25, 0.3) is 0 Å². The van der Waals surface area contributed by atoms with Gasteiger partial charge in [0.1, 0.15) is 0 Å². The summed E-state index contributed by atoms with van der Waals surface area (Å²) in [4.78, 5) is 14.2. The molecule has 0 rings (SSSR count). The van der Waals surface area contributed by atoms with Crippen molar-refractivity contribution in [3.8, 4) is 0 Å². The van der Waals surface area contributed by atoms with Crippen molar-refractivity contribution < 1.29 is 9.90 Å². The summed E-state index contributed by atoms with van der Waals surface area (Å²) < 4.78 is 0. The molecule has 0 spiro atoms. The molecule has 0 heterocycles. The highest BCUT2D eigenvalue weighted by Gasteiger charge is 2.46. The van der Waals surface area contributed by atoms with Gasteiger partial charge in [0.05, 0.1) is 5.41 Å². The van der Waals surface area contributed by atoms with Gasteiger partial charge in [-0.1, -0.05) is 305 Å². The number of hydrogen-bond acceptors (Lipinski definition) is 1. The average Bonchev–Trinajstić information content (AvgIpc) is 3.22. The Morgan fingerprint density at radius 2 is 0.586 bits per heavy atom. The summed E-state index contributed by atoms with van der Waals surface area (Å²) in [5.74, 6) is 1.19. The summed E-state index contributed by atoms with van der Waals surface area (Å²) in [6.07, 6.45) is 58.9. The third kappa shape index (κ3) is 32.2. The first-order chi connectivity index (χ1) is 28.5. The van der Waals surface area contributed by atoms with Gasteiger partial charge in [-0.25, -0.2) is 0 Å². The van der Waals surface area contributed by atoms with Crippen molar-refractivity contribution in [2.45, 2.75) is 330 Å². The molecule has 4 atom stereocenters. The Morgan fingerprint density at radius 3 is 0.948 bits per heavy atom. The predicted octanol–water partition coefficient (Wildman–Crippen LogP) is 20.6. The van der Waals surface area contributed by atoms with Gasteiger partial charge in [0.15, 0.2) is 0 Å². The summed E-state index contributed by atoms with van der Waals surface area (Å²) in [6.45, 7) is 14.0. The molecule has 0 amide bonds. The predicted molar refractivity (Wildman–Crippen MR) is 262 cm³/mol. The van der Waals surface area contributed by atoms with Crippen LogP contribution in [-0.2, 0) is 4.79 Å². The lowest BCUT2D eigenvalue weighted by Gasteiger charge is -2.42. The van der Waals surface area contributed by atoms with Crippen LogP contribution in [0.1, 0.15) is 330 Å². The second-order valence-electron chi connectivity index (χ2n) is 19.9. The Labute approximate surface area is 368 Å². The van der Waals surface area contributed by atoms with E-state index >= 15 is 0 Å². The van der Waals surface area contributed by atoms with Crippen LogP contribution in [0.15, 0.2) is 0 Å². The van der Waals surface area contributed by atoms with Crippen LogP contribution in [0.4, 0.5) is 0 Å². The fourth-order valence-electron chi connectivity index (χ4n) is 10.6. The summed E-state index contributed by atoms with van der Waals surface area (Å²) in [7, 11) is 0. The van der Waals surface area contributed by atoms with E-state index in [4.69, 9.17) is 0 Å². The molecule has 0 aromatic carbocycles. The summed E-state index contributed by atoms with van der Waals surface area (Å²) in [6, 6.07) is 0. The fraction of sp³-hybridized carbons (Fsp3) is 0.982. The van der Waals surface area contributed by atoms with Crippen LogP contribution < -0.4 is 0 Å². The van der Waals surface area contributed by atoms with E-state index in [2.05, 4.69) is 41.5 Å². The van der Waals surface area contributed by atoms with Gasteiger partial charge in [-0.05, 0) is 43.4 Å². The third-order valence-electron chi connectivity index (χ3n) is 14.6. The molecule has 0 aliphatic heterocycles. The van der Waals surface area contributed by atoms with Crippen molar-refractivity contribution in [1.29, 1.82) is 0 Å². The quantitative estimate of drug-likeness (QED) is 0.0621. The Kier molecular flexibility index (Phi) is 44.1. The maximum absolute atomic E-state index is 14.2. The zero-order valence-corrected chi connectivity index (χ0v) is 41.4. The van der Waals surface area contributed by atoms with Crippen LogP contribution in [0.5, 0.6) is 0 Å². The average molecular weight is 818 g/mol. The Hall–Kier alpha value is -0.530. The fourth-order valence-corrected chi connectivity index (χ4v) is 10.6. The molecule has 0 aromatic rings. The Morgan fingerprint density at radius 1 is 0.328 bits per heavy atom. The van der Waals surface area contributed by atoms with E-state index in [9.17, 15) is 9.90 Å². The van der Waals surface area contributed by atoms with E-state index in [1.807, 2.05) is 0 Å². The second-order valence-corrected chi connectivity index (χ2v) is 19.9. The van der Waals surface area contributed by atoms with Gasteiger partial charge in [-0.2, -0.15) is 0 Å². The van der Waals surface area contributed by atoms with Crippen molar-refractivity contribution in [3.05, 3.63) is 0 Å². The minimum absolute atomic E-state index is 0.333. The number of hydrogen-bond donors (Lipinski definition) is 1. The first-order valence-electron chi connectivity index (χ1n) is 27.7. The molecule has 0 aliphatic rings. The van der Waals surface area contributed by atoms with E-state index in [1.165, 1.54) is 257 Å². The molecular formula is C56H112O2. The topological polar surface area (TPSA) is 37.3 Å². The molecule has 0 aliphatic carbocycles. The maximum atomic E-state index is 14.2. The minimum Gasteiger partial charge on any atom is -0.481 e. The second kappa shape index (κ2) is 44.5. The summed E-state index contributed by atoms with van der Waals surface area (Å²) >= 11 is 0. The van der Waals surface area contributed by atoms with Gasteiger partial charge < -0.3 is 5.11 Å². The molecule has 0 radical (unpaired) electrons. The molecule has 1 N–H and O–H groups in total. The van der Waals surface area contributed by atoms with E-state index in [0.717, 1.165) is 32.1 Å². The van der Waals surface area contributed by atoms with Gasteiger partial charge in [0.2, 0.25) is 0 Å².